The van der Waals surface area contributed by atoms with Gasteiger partial charge in [-0.3, -0.25) is 10.3 Å². The highest BCUT2D eigenvalue weighted by molar-refractivity contribution is 7.15. The number of amides is 2. The molecule has 2 aromatic heterocycles. The van der Waals surface area contributed by atoms with Crippen LogP contribution < -0.4 is 5.32 Å². The predicted octanol–water partition coefficient (Wildman–Crippen LogP) is 2.66. The van der Waals surface area contributed by atoms with Crippen LogP contribution in [-0.2, 0) is 12.6 Å². The Labute approximate surface area is 128 Å². The largest absolute Gasteiger partial charge is 0.445 e. The lowest BCUT2D eigenvalue weighted by Gasteiger charge is -2.16. The number of carbonyl (C=O) groups is 1. The van der Waals surface area contributed by atoms with Crippen molar-refractivity contribution in [3.05, 3.63) is 35.1 Å². The molecule has 6 nitrogen and oxygen atoms in total. The van der Waals surface area contributed by atoms with Crippen molar-refractivity contribution in [2.24, 2.45) is 0 Å². The van der Waals surface area contributed by atoms with E-state index in [0.29, 0.717) is 13.0 Å². The maximum absolute atomic E-state index is 12.4. The number of halogens is 3. The van der Waals surface area contributed by atoms with Crippen molar-refractivity contribution in [1.29, 1.82) is 0 Å². The van der Waals surface area contributed by atoms with Crippen LogP contribution in [0.5, 0.6) is 0 Å². The zero-order valence-corrected chi connectivity index (χ0v) is 12.3. The smallest absolute Gasteiger partial charge is 0.327 e. The van der Waals surface area contributed by atoms with Crippen molar-refractivity contribution < 1.29 is 18.0 Å². The van der Waals surface area contributed by atoms with E-state index >= 15 is 0 Å². The van der Waals surface area contributed by atoms with Gasteiger partial charge in [0.15, 0.2) is 0 Å². The first-order valence-electron chi connectivity index (χ1n) is 6.19. The third-order valence-corrected chi connectivity index (χ3v) is 3.54. The number of hydrogen-bond donors (Lipinski definition) is 1. The normalized spacial score (nSPS) is 11.3. The first-order valence-corrected chi connectivity index (χ1v) is 7.00. The molecule has 0 radical (unpaired) electrons. The van der Waals surface area contributed by atoms with E-state index < -0.39 is 17.2 Å². The van der Waals surface area contributed by atoms with Crippen molar-refractivity contribution in [1.82, 2.24) is 20.1 Å². The summed E-state index contributed by atoms with van der Waals surface area (Å²) < 4.78 is 37.2. The summed E-state index contributed by atoms with van der Waals surface area (Å²) in [6.07, 6.45) is -2.38. The first-order chi connectivity index (χ1) is 10.4. The van der Waals surface area contributed by atoms with E-state index in [1.807, 2.05) is 12.1 Å². The molecule has 10 heteroatoms. The van der Waals surface area contributed by atoms with Crippen LogP contribution in [0.4, 0.5) is 23.1 Å². The zero-order valence-electron chi connectivity index (χ0n) is 11.5. The SMILES string of the molecule is CN(CCc1ccccn1)C(=O)Nc1nnc(C(F)(F)F)s1. The van der Waals surface area contributed by atoms with Crippen molar-refractivity contribution >= 4 is 22.5 Å². The minimum Gasteiger partial charge on any atom is -0.327 e. The maximum atomic E-state index is 12.4. The number of hydrogen-bond acceptors (Lipinski definition) is 5. The molecule has 0 saturated heterocycles. The Morgan fingerprint density at radius 2 is 2.14 bits per heavy atom. The highest BCUT2D eigenvalue weighted by Crippen LogP contribution is 2.32. The average molecular weight is 331 g/mol. The van der Waals surface area contributed by atoms with Crippen molar-refractivity contribution in [3.8, 4) is 0 Å². The average Bonchev–Trinajstić information content (AvgIpc) is 2.94. The monoisotopic (exact) mass is 331 g/mol. The molecule has 0 fully saturated rings. The fourth-order valence-corrected chi connectivity index (χ4v) is 2.11. The van der Waals surface area contributed by atoms with Gasteiger partial charge in [0, 0.05) is 31.9 Å². The lowest BCUT2D eigenvalue weighted by atomic mass is 10.2. The van der Waals surface area contributed by atoms with Crippen molar-refractivity contribution in [3.63, 3.8) is 0 Å². The van der Waals surface area contributed by atoms with Crippen LogP contribution in [0, 0.1) is 0 Å². The summed E-state index contributed by atoms with van der Waals surface area (Å²) >= 11 is 0.282. The molecular formula is C12H12F3N5OS. The van der Waals surface area contributed by atoms with Gasteiger partial charge < -0.3 is 4.90 Å². The van der Waals surface area contributed by atoms with Gasteiger partial charge in [-0.15, -0.1) is 10.2 Å². The summed E-state index contributed by atoms with van der Waals surface area (Å²) in [4.78, 5) is 17.3. The van der Waals surface area contributed by atoms with E-state index in [9.17, 15) is 18.0 Å². The Kier molecular flexibility index (Phi) is 4.91. The number of nitrogens with zero attached hydrogens (tertiary/aromatic N) is 4. The predicted molar refractivity (Wildman–Crippen MR) is 74.5 cm³/mol. The number of urea groups is 1. The van der Waals surface area contributed by atoms with Gasteiger partial charge in [-0.25, -0.2) is 4.79 Å². The molecular weight excluding hydrogens is 319 g/mol. The number of likely N-dealkylation sites (N-methyl/N-ethyl adjacent to an activating group) is 1. The number of alkyl halides is 3. The van der Waals surface area contributed by atoms with Gasteiger partial charge in [-0.2, -0.15) is 13.2 Å². The highest BCUT2D eigenvalue weighted by Gasteiger charge is 2.35. The molecule has 0 spiro atoms. The maximum Gasteiger partial charge on any atom is 0.445 e. The molecule has 0 bridgehead atoms. The molecule has 0 aromatic carbocycles. The Morgan fingerprint density at radius 3 is 2.73 bits per heavy atom. The minimum atomic E-state index is -4.56. The van der Waals surface area contributed by atoms with Crippen LogP contribution >= 0.6 is 11.3 Å². The van der Waals surface area contributed by atoms with E-state index in [1.165, 1.54) is 11.9 Å². The molecule has 0 atom stereocenters. The summed E-state index contributed by atoms with van der Waals surface area (Å²) in [6.45, 7) is 0.369. The van der Waals surface area contributed by atoms with Crippen LogP contribution in [0.1, 0.15) is 10.7 Å². The minimum absolute atomic E-state index is 0.193. The number of nitrogens with one attached hydrogen (secondary N) is 1. The van der Waals surface area contributed by atoms with Gasteiger partial charge in [0.2, 0.25) is 10.1 Å². The van der Waals surface area contributed by atoms with Gasteiger partial charge in [0.25, 0.3) is 0 Å². The molecule has 0 saturated carbocycles. The summed E-state index contributed by atoms with van der Waals surface area (Å²) in [5, 5.41) is 7.29. The van der Waals surface area contributed by atoms with E-state index in [-0.39, 0.29) is 16.5 Å². The fraction of sp³-hybridized carbons (Fsp3) is 0.333. The quantitative estimate of drug-likeness (QED) is 0.935. The van der Waals surface area contributed by atoms with Gasteiger partial charge in [-0.05, 0) is 12.1 Å². The second kappa shape index (κ2) is 6.69. The Bertz CT molecular complexity index is 631. The van der Waals surface area contributed by atoms with Crippen LogP contribution in [0.25, 0.3) is 0 Å². The summed E-state index contributed by atoms with van der Waals surface area (Å²) in [5.74, 6) is 0. The Balaban J connectivity index is 1.87. The van der Waals surface area contributed by atoms with E-state index in [4.69, 9.17) is 0 Å². The number of aromatic nitrogens is 3. The second-order valence-electron chi connectivity index (χ2n) is 4.33. The molecule has 118 valence electrons. The topological polar surface area (TPSA) is 71.0 Å². The second-order valence-corrected chi connectivity index (χ2v) is 5.31. The molecule has 0 aliphatic carbocycles. The molecule has 2 amide bonds. The first kappa shape index (κ1) is 16.1. The van der Waals surface area contributed by atoms with E-state index in [0.717, 1.165) is 5.69 Å². The molecule has 0 aliphatic rings. The van der Waals surface area contributed by atoms with Gasteiger partial charge in [0.05, 0.1) is 0 Å². The lowest BCUT2D eigenvalue weighted by molar-refractivity contribution is -0.138. The number of pyridine rings is 1. The van der Waals surface area contributed by atoms with Gasteiger partial charge in [-0.1, -0.05) is 17.4 Å². The third-order valence-electron chi connectivity index (χ3n) is 2.66. The van der Waals surface area contributed by atoms with Crippen LogP contribution in [0.15, 0.2) is 24.4 Å². The summed E-state index contributed by atoms with van der Waals surface area (Å²) in [6, 6.07) is 4.89. The molecule has 2 heterocycles. The van der Waals surface area contributed by atoms with Gasteiger partial charge in [0.1, 0.15) is 0 Å². The Morgan fingerprint density at radius 1 is 1.36 bits per heavy atom. The van der Waals surface area contributed by atoms with E-state index in [2.05, 4.69) is 20.5 Å². The lowest BCUT2D eigenvalue weighted by Crippen LogP contribution is -2.33. The molecule has 0 unspecified atom stereocenters. The van der Waals surface area contributed by atoms with Gasteiger partial charge >= 0.3 is 12.2 Å². The molecule has 2 rings (SSSR count). The van der Waals surface area contributed by atoms with Crippen LogP contribution in [0.2, 0.25) is 0 Å². The highest BCUT2D eigenvalue weighted by atomic mass is 32.1. The van der Waals surface area contributed by atoms with Crippen molar-refractivity contribution in [2.75, 3.05) is 18.9 Å². The standard InChI is InChI=1S/C12H12F3N5OS/c1-20(7-5-8-4-2-3-6-16-8)11(21)17-10-19-18-9(22-10)12(13,14)15/h2-4,6H,5,7H2,1H3,(H,17,19,21). The van der Waals surface area contributed by atoms with Crippen LogP contribution in [0.3, 0.4) is 0 Å². The van der Waals surface area contributed by atoms with Crippen LogP contribution in [-0.4, -0.2) is 39.7 Å². The molecule has 22 heavy (non-hydrogen) atoms. The molecule has 2 aromatic rings. The fourth-order valence-electron chi connectivity index (χ4n) is 1.51. The summed E-state index contributed by atoms with van der Waals surface area (Å²) in [7, 11) is 1.53. The summed E-state index contributed by atoms with van der Waals surface area (Å²) in [5.41, 5.74) is 0.817. The Hall–Kier alpha value is -2.23. The number of anilines is 1. The molecule has 0 aliphatic heterocycles. The number of rotatable bonds is 4. The number of carbonyl (C=O) groups excluding carboxylic acids is 1. The third kappa shape index (κ3) is 4.38. The van der Waals surface area contributed by atoms with E-state index in [1.54, 1.807) is 12.3 Å². The zero-order chi connectivity index (χ0) is 16.2. The molecule has 1 N–H and O–H groups in total. The van der Waals surface area contributed by atoms with Crippen molar-refractivity contribution in [2.45, 2.75) is 12.6 Å².